The van der Waals surface area contributed by atoms with Gasteiger partial charge in [-0.15, -0.1) is 0 Å². The zero-order valence-corrected chi connectivity index (χ0v) is 33.0. The van der Waals surface area contributed by atoms with Crippen LogP contribution in [0.3, 0.4) is 0 Å². The van der Waals surface area contributed by atoms with E-state index in [-0.39, 0.29) is 23.2 Å². The Kier molecular flexibility index (Phi) is 8.65. The van der Waals surface area contributed by atoms with Crippen molar-refractivity contribution >= 4 is 44.6 Å². The van der Waals surface area contributed by atoms with Gasteiger partial charge in [-0.3, -0.25) is 4.57 Å². The lowest BCUT2D eigenvalue weighted by Gasteiger charge is -2.24. The fraction of sp³-hybridized carbons (Fsp3) is 0.180. The van der Waals surface area contributed by atoms with Crippen molar-refractivity contribution in [2.45, 2.75) is 52.4 Å². The quantitative estimate of drug-likeness (QED) is 0.169. The molecule has 0 N–H and O–H groups in total. The molecule has 8 aromatic rings. The van der Waals surface area contributed by atoms with E-state index in [1.165, 1.54) is 23.8 Å². The molecular weight excluding hydrogens is 711 g/mol. The molecule has 57 heavy (non-hydrogen) atoms. The van der Waals surface area contributed by atoms with E-state index in [9.17, 15) is 0 Å². The molecule has 0 saturated carbocycles. The second kappa shape index (κ2) is 13.6. The van der Waals surface area contributed by atoms with Gasteiger partial charge in [0.1, 0.15) is 41.3 Å². The van der Waals surface area contributed by atoms with Crippen LogP contribution in [0, 0.1) is 11.6 Å². The van der Waals surface area contributed by atoms with E-state index in [1.54, 1.807) is 11.1 Å². The van der Waals surface area contributed by atoms with Crippen molar-refractivity contribution in [3.63, 3.8) is 0 Å². The number of fused-ring (bicyclic) bond motifs is 4. The fourth-order valence-electron chi connectivity index (χ4n) is 7.90. The lowest BCUT2D eigenvalue weighted by Crippen LogP contribution is -2.25. The molecule has 0 fully saturated rings. The zero-order valence-electron chi connectivity index (χ0n) is 33.0. The Morgan fingerprint density at radius 2 is 1.25 bits per heavy atom. The minimum atomic E-state index is -0.612. The molecule has 5 nitrogen and oxygen atoms in total. The average Bonchev–Trinajstić information content (AvgIpc) is 3.73. The van der Waals surface area contributed by atoms with Gasteiger partial charge in [-0.2, -0.15) is 0 Å². The third-order valence-electron chi connectivity index (χ3n) is 11.0. The van der Waals surface area contributed by atoms with Crippen molar-refractivity contribution in [1.29, 1.82) is 0 Å². The van der Waals surface area contributed by atoms with Crippen LogP contribution in [0.2, 0.25) is 0 Å². The van der Waals surface area contributed by atoms with Crippen LogP contribution in [-0.2, 0) is 10.8 Å². The molecule has 0 amide bonds. The van der Waals surface area contributed by atoms with Crippen molar-refractivity contribution in [2.75, 3.05) is 16.5 Å². The van der Waals surface area contributed by atoms with E-state index < -0.39 is 11.6 Å². The first-order chi connectivity index (χ1) is 27.3. The molecule has 1 aliphatic heterocycles. The normalized spacial score (nSPS) is 13.1. The minimum Gasteiger partial charge on any atom is -0.457 e. The summed E-state index contributed by atoms with van der Waals surface area (Å²) in [7, 11) is 0. The second-order valence-electron chi connectivity index (χ2n) is 16.9. The number of ether oxygens (including phenoxy) is 1. The van der Waals surface area contributed by atoms with E-state index in [2.05, 4.69) is 136 Å². The molecule has 0 unspecified atom stereocenters. The molecule has 0 saturated heterocycles. The monoisotopic (exact) mass is 754 g/mol. The first kappa shape index (κ1) is 36.2. The third-order valence-corrected chi connectivity index (χ3v) is 11.0. The molecule has 6 aromatic carbocycles. The summed E-state index contributed by atoms with van der Waals surface area (Å²) in [5.74, 6) is 0.895. The molecule has 284 valence electrons. The van der Waals surface area contributed by atoms with Gasteiger partial charge in [-0.1, -0.05) is 102 Å². The van der Waals surface area contributed by atoms with Gasteiger partial charge in [0.15, 0.2) is 0 Å². The first-order valence-corrected chi connectivity index (χ1v) is 19.4. The number of pyridine rings is 1. The summed E-state index contributed by atoms with van der Waals surface area (Å²) in [5, 5.41) is 2.23. The summed E-state index contributed by atoms with van der Waals surface area (Å²) in [6.07, 6.45) is 1.81. The number of hydrogen-bond donors (Lipinski definition) is 0. The molecule has 0 atom stereocenters. The maximum Gasteiger partial charge on any atom is 0.149 e. The van der Waals surface area contributed by atoms with Crippen LogP contribution in [-0.4, -0.2) is 16.2 Å². The largest absolute Gasteiger partial charge is 0.457 e. The molecule has 3 heterocycles. The molecule has 7 heteroatoms. The predicted octanol–water partition coefficient (Wildman–Crippen LogP) is 13.8. The van der Waals surface area contributed by atoms with Crippen LogP contribution in [0.5, 0.6) is 11.5 Å². The SMILES string of the molecule is CC(C)(C)c1ccc(-c2cc(Oc3ccc4c5ccccc5n(-c5ccccn5)c4c3)cc(N3CN(c4c(F)cccc4F)c4cc(C(C)(C)C)ccc43)c2)cc1. The zero-order chi connectivity index (χ0) is 39.6. The Bertz CT molecular complexity index is 2780. The van der Waals surface area contributed by atoms with Gasteiger partial charge in [0, 0.05) is 34.8 Å². The van der Waals surface area contributed by atoms with Crippen LogP contribution in [0.15, 0.2) is 146 Å². The number of hydrogen-bond acceptors (Lipinski definition) is 4. The van der Waals surface area contributed by atoms with Crippen LogP contribution in [0.1, 0.15) is 52.7 Å². The molecule has 1 aliphatic rings. The second-order valence-corrected chi connectivity index (χ2v) is 16.9. The smallest absolute Gasteiger partial charge is 0.149 e. The van der Waals surface area contributed by atoms with Gasteiger partial charge in [-0.05, 0) is 99.8 Å². The molecule has 0 bridgehead atoms. The highest BCUT2D eigenvalue weighted by Gasteiger charge is 2.33. The fourth-order valence-corrected chi connectivity index (χ4v) is 7.90. The number of benzene rings is 6. The molecule has 0 spiro atoms. The highest BCUT2D eigenvalue weighted by Crippen LogP contribution is 2.49. The Hall–Kier alpha value is -6.47. The predicted molar refractivity (Wildman–Crippen MR) is 230 cm³/mol. The van der Waals surface area contributed by atoms with Gasteiger partial charge < -0.3 is 14.5 Å². The highest BCUT2D eigenvalue weighted by molar-refractivity contribution is 6.09. The number of halogens is 2. The third kappa shape index (κ3) is 6.57. The standard InChI is InChI=1S/C50H44F2N4O/c1-49(2,3)34-19-17-32(18-20-34)33-26-36(54-31-55(48-41(51)13-11-14-42(48)52)46-28-35(50(4,5)6)21-24-44(46)54)29-38(27-33)57-37-22-23-40-39-12-7-8-15-43(39)56(45(40)30-37)47-16-9-10-25-53-47/h7-30H,31H2,1-6H3. The van der Waals surface area contributed by atoms with Gasteiger partial charge in [0.2, 0.25) is 0 Å². The maximum absolute atomic E-state index is 15.6. The molecular formula is C50H44F2N4O. The Balaban J connectivity index is 1.19. The van der Waals surface area contributed by atoms with E-state index in [1.807, 2.05) is 36.4 Å². The Morgan fingerprint density at radius 3 is 1.96 bits per heavy atom. The Morgan fingerprint density at radius 1 is 0.544 bits per heavy atom. The van der Waals surface area contributed by atoms with E-state index in [4.69, 9.17) is 9.72 Å². The summed E-state index contributed by atoms with van der Waals surface area (Å²) in [4.78, 5) is 8.55. The van der Waals surface area contributed by atoms with Gasteiger partial charge in [0.05, 0.1) is 22.4 Å². The molecule has 2 aromatic heterocycles. The van der Waals surface area contributed by atoms with Crippen LogP contribution in [0.25, 0.3) is 38.8 Å². The number of para-hydroxylation sites is 2. The summed E-state index contributed by atoms with van der Waals surface area (Å²) in [5.41, 5.74) is 8.49. The van der Waals surface area contributed by atoms with Crippen molar-refractivity contribution in [3.8, 4) is 28.4 Å². The average molecular weight is 755 g/mol. The summed E-state index contributed by atoms with van der Waals surface area (Å²) in [6, 6.07) is 45.5. The van der Waals surface area contributed by atoms with Crippen molar-refractivity contribution < 1.29 is 13.5 Å². The number of rotatable bonds is 6. The van der Waals surface area contributed by atoms with Gasteiger partial charge >= 0.3 is 0 Å². The minimum absolute atomic E-state index is 0.00163. The van der Waals surface area contributed by atoms with E-state index in [0.29, 0.717) is 11.5 Å². The van der Waals surface area contributed by atoms with Crippen LogP contribution in [0.4, 0.5) is 31.5 Å². The lowest BCUT2D eigenvalue weighted by atomic mass is 9.86. The molecule has 0 aliphatic carbocycles. The maximum atomic E-state index is 15.6. The van der Waals surface area contributed by atoms with Gasteiger partial charge in [-0.25, -0.2) is 13.8 Å². The number of anilines is 4. The van der Waals surface area contributed by atoms with Crippen molar-refractivity contribution in [1.82, 2.24) is 9.55 Å². The van der Waals surface area contributed by atoms with Crippen molar-refractivity contribution in [3.05, 3.63) is 168 Å². The summed E-state index contributed by atoms with van der Waals surface area (Å²) < 4.78 is 40.1. The summed E-state index contributed by atoms with van der Waals surface area (Å²) in [6.45, 7) is 13.2. The molecule has 0 radical (unpaired) electrons. The first-order valence-electron chi connectivity index (χ1n) is 19.4. The summed E-state index contributed by atoms with van der Waals surface area (Å²) >= 11 is 0. The number of nitrogens with zero attached hydrogens (tertiary/aromatic N) is 4. The highest BCUT2D eigenvalue weighted by atomic mass is 19.1. The van der Waals surface area contributed by atoms with Crippen LogP contribution >= 0.6 is 0 Å². The molecule has 9 rings (SSSR count). The lowest BCUT2D eigenvalue weighted by molar-refractivity contribution is 0.483. The van der Waals surface area contributed by atoms with Gasteiger partial charge in [0.25, 0.3) is 0 Å². The van der Waals surface area contributed by atoms with E-state index >= 15 is 8.78 Å². The van der Waals surface area contributed by atoms with Crippen molar-refractivity contribution in [2.24, 2.45) is 0 Å². The van der Waals surface area contributed by atoms with E-state index in [0.717, 1.165) is 61.4 Å². The van der Waals surface area contributed by atoms with Crippen LogP contribution < -0.4 is 14.5 Å². The Labute approximate surface area is 332 Å². The number of aromatic nitrogens is 2. The topological polar surface area (TPSA) is 33.5 Å².